The first kappa shape index (κ1) is 19.2. The average molecular weight is 326 g/mol. The van der Waals surface area contributed by atoms with E-state index in [4.69, 9.17) is 9.47 Å². The van der Waals surface area contributed by atoms with Crippen LogP contribution in [0, 0.1) is 5.82 Å². The molecule has 0 heterocycles. The van der Waals surface area contributed by atoms with Crippen LogP contribution < -0.4 is 15.4 Å². The number of hydrogen-bond acceptors (Lipinski definition) is 4. The van der Waals surface area contributed by atoms with Crippen molar-refractivity contribution >= 4 is 6.09 Å². The topological polar surface area (TPSA) is 59.6 Å². The van der Waals surface area contributed by atoms with Gasteiger partial charge >= 0.3 is 6.09 Å². The van der Waals surface area contributed by atoms with Gasteiger partial charge in [-0.05, 0) is 44.9 Å². The lowest BCUT2D eigenvalue weighted by molar-refractivity contribution is 0.0502. The molecule has 0 spiro atoms. The van der Waals surface area contributed by atoms with Crippen molar-refractivity contribution in [2.45, 2.75) is 52.3 Å². The number of rotatable bonds is 7. The van der Waals surface area contributed by atoms with Gasteiger partial charge in [-0.25, -0.2) is 9.18 Å². The van der Waals surface area contributed by atoms with E-state index in [0.29, 0.717) is 13.1 Å². The molecular weight excluding hydrogens is 299 g/mol. The minimum Gasteiger partial charge on any atom is -0.494 e. The van der Waals surface area contributed by atoms with E-state index < -0.39 is 11.7 Å². The zero-order valence-corrected chi connectivity index (χ0v) is 14.5. The molecule has 6 heteroatoms. The van der Waals surface area contributed by atoms with Crippen LogP contribution in [0.3, 0.4) is 0 Å². The molecule has 130 valence electrons. The van der Waals surface area contributed by atoms with E-state index >= 15 is 0 Å². The minimum atomic E-state index is -0.517. The number of methoxy groups -OCH3 is 1. The third-order valence-corrected chi connectivity index (χ3v) is 3.15. The first-order valence-electron chi connectivity index (χ1n) is 7.77. The number of carbonyl (C=O) groups excluding carboxylic acids is 1. The third-order valence-electron chi connectivity index (χ3n) is 3.15. The summed E-state index contributed by atoms with van der Waals surface area (Å²) in [4.78, 5) is 11.8. The Morgan fingerprint density at radius 2 is 2.04 bits per heavy atom. The molecule has 0 saturated carbocycles. The monoisotopic (exact) mass is 326 g/mol. The number of hydrogen-bond donors (Lipinski definition) is 2. The second kappa shape index (κ2) is 8.72. The molecule has 0 bridgehead atoms. The van der Waals surface area contributed by atoms with Crippen molar-refractivity contribution in [1.29, 1.82) is 0 Å². The molecule has 0 aliphatic heterocycles. The molecule has 0 aliphatic rings. The molecule has 0 aromatic heterocycles. The van der Waals surface area contributed by atoms with Crippen LogP contribution in [0.25, 0.3) is 0 Å². The highest BCUT2D eigenvalue weighted by Crippen LogP contribution is 2.17. The summed E-state index contributed by atoms with van der Waals surface area (Å²) in [5.74, 6) is -0.155. The van der Waals surface area contributed by atoms with E-state index in [0.717, 1.165) is 12.0 Å². The van der Waals surface area contributed by atoms with Crippen LogP contribution in [-0.4, -0.2) is 31.4 Å². The normalized spacial score (nSPS) is 12.6. The van der Waals surface area contributed by atoms with E-state index in [1.165, 1.54) is 13.2 Å². The van der Waals surface area contributed by atoms with Gasteiger partial charge in [0.2, 0.25) is 0 Å². The lowest BCUT2D eigenvalue weighted by atomic mass is 10.2. The van der Waals surface area contributed by atoms with Crippen molar-refractivity contribution in [2.75, 3.05) is 13.7 Å². The molecule has 1 aromatic rings. The number of halogens is 1. The van der Waals surface area contributed by atoms with Crippen molar-refractivity contribution in [3.8, 4) is 5.75 Å². The van der Waals surface area contributed by atoms with Crippen molar-refractivity contribution < 1.29 is 18.7 Å². The van der Waals surface area contributed by atoms with Crippen molar-refractivity contribution in [3.63, 3.8) is 0 Å². The summed E-state index contributed by atoms with van der Waals surface area (Å²) in [5, 5.41) is 6.03. The summed E-state index contributed by atoms with van der Waals surface area (Å²) >= 11 is 0. The first-order valence-corrected chi connectivity index (χ1v) is 7.77. The molecule has 1 rings (SSSR count). The molecule has 2 N–H and O–H groups in total. The molecule has 1 amide bonds. The second-order valence-corrected chi connectivity index (χ2v) is 6.35. The lowest BCUT2D eigenvalue weighted by Crippen LogP contribution is -2.43. The van der Waals surface area contributed by atoms with Gasteiger partial charge in [-0.1, -0.05) is 13.0 Å². The van der Waals surface area contributed by atoms with Gasteiger partial charge in [0.15, 0.2) is 11.6 Å². The Bertz CT molecular complexity index is 515. The van der Waals surface area contributed by atoms with Gasteiger partial charge in [-0.3, -0.25) is 0 Å². The van der Waals surface area contributed by atoms with Gasteiger partial charge < -0.3 is 20.1 Å². The number of nitrogens with one attached hydrogen (secondary N) is 2. The van der Waals surface area contributed by atoms with E-state index in [2.05, 4.69) is 10.6 Å². The molecule has 23 heavy (non-hydrogen) atoms. The predicted octanol–water partition coefficient (Wildman–Crippen LogP) is 3.23. The van der Waals surface area contributed by atoms with Crippen molar-refractivity contribution in [1.82, 2.24) is 10.6 Å². The lowest BCUT2D eigenvalue weighted by Gasteiger charge is -2.23. The average Bonchev–Trinajstić information content (AvgIpc) is 2.44. The Hall–Kier alpha value is -1.82. The van der Waals surface area contributed by atoms with Crippen LogP contribution in [-0.2, 0) is 11.3 Å². The summed E-state index contributed by atoms with van der Waals surface area (Å²) in [6, 6.07) is 4.79. The highest BCUT2D eigenvalue weighted by atomic mass is 19.1. The third kappa shape index (κ3) is 7.32. The fraction of sp³-hybridized carbons (Fsp3) is 0.588. The molecule has 5 nitrogen and oxygen atoms in total. The Labute approximate surface area is 137 Å². The van der Waals surface area contributed by atoms with Crippen molar-refractivity contribution in [2.24, 2.45) is 0 Å². The van der Waals surface area contributed by atoms with E-state index in [1.54, 1.807) is 12.1 Å². The molecule has 0 saturated heterocycles. The van der Waals surface area contributed by atoms with Gasteiger partial charge in [0.1, 0.15) is 5.60 Å². The Morgan fingerprint density at radius 3 is 2.57 bits per heavy atom. The predicted molar refractivity (Wildman–Crippen MR) is 88.1 cm³/mol. The van der Waals surface area contributed by atoms with Crippen molar-refractivity contribution in [3.05, 3.63) is 29.6 Å². The molecule has 0 aliphatic carbocycles. The Morgan fingerprint density at radius 1 is 1.35 bits per heavy atom. The maximum atomic E-state index is 13.6. The molecule has 1 atom stereocenters. The number of alkyl carbamates (subject to hydrolysis) is 1. The van der Waals surface area contributed by atoms with Crippen LogP contribution in [0.5, 0.6) is 5.75 Å². The van der Waals surface area contributed by atoms with Crippen LogP contribution in [0.4, 0.5) is 9.18 Å². The maximum Gasteiger partial charge on any atom is 0.407 e. The molecule has 0 fully saturated rings. The Kier molecular flexibility index (Phi) is 7.29. The Balaban J connectivity index is 2.43. The SMILES string of the molecule is CCC(CNCc1ccc(OC)c(F)c1)NC(=O)OC(C)(C)C. The summed E-state index contributed by atoms with van der Waals surface area (Å²) in [6.07, 6.45) is 0.338. The largest absolute Gasteiger partial charge is 0.494 e. The standard InChI is InChI=1S/C17H27FN2O3/c1-6-13(20-16(21)23-17(2,3)4)11-19-10-12-7-8-15(22-5)14(18)9-12/h7-9,13,19H,6,10-11H2,1-5H3,(H,20,21). The van der Waals surface area contributed by atoms with Gasteiger partial charge in [-0.15, -0.1) is 0 Å². The fourth-order valence-electron chi connectivity index (χ4n) is 1.98. The molecular formula is C17H27FN2O3. The summed E-state index contributed by atoms with van der Waals surface area (Å²) in [6.45, 7) is 8.53. The summed E-state index contributed by atoms with van der Waals surface area (Å²) < 4.78 is 23.7. The number of benzene rings is 1. The number of amides is 1. The zero-order chi connectivity index (χ0) is 17.5. The van der Waals surface area contributed by atoms with E-state index in [1.807, 2.05) is 27.7 Å². The van der Waals surface area contributed by atoms with Crippen LogP contribution in [0.15, 0.2) is 18.2 Å². The molecule has 1 aromatic carbocycles. The minimum absolute atomic E-state index is 0.0482. The van der Waals surface area contributed by atoms with E-state index in [-0.39, 0.29) is 17.6 Å². The van der Waals surface area contributed by atoms with E-state index in [9.17, 15) is 9.18 Å². The number of ether oxygens (including phenoxy) is 2. The molecule has 0 radical (unpaired) electrons. The highest BCUT2D eigenvalue weighted by Gasteiger charge is 2.18. The van der Waals surface area contributed by atoms with Gasteiger partial charge in [0.25, 0.3) is 0 Å². The fourth-order valence-corrected chi connectivity index (χ4v) is 1.98. The molecule has 1 unspecified atom stereocenters. The van der Waals surface area contributed by atoms with Crippen LogP contribution in [0.1, 0.15) is 39.7 Å². The number of carbonyl (C=O) groups is 1. The maximum absolute atomic E-state index is 13.6. The smallest absolute Gasteiger partial charge is 0.407 e. The zero-order valence-electron chi connectivity index (χ0n) is 14.5. The van der Waals surface area contributed by atoms with Crippen LogP contribution in [0.2, 0.25) is 0 Å². The van der Waals surface area contributed by atoms with Crippen LogP contribution >= 0.6 is 0 Å². The first-order chi connectivity index (χ1) is 10.7. The summed E-state index contributed by atoms with van der Waals surface area (Å²) in [5.41, 5.74) is 0.298. The second-order valence-electron chi connectivity index (χ2n) is 6.35. The quantitative estimate of drug-likeness (QED) is 0.808. The highest BCUT2D eigenvalue weighted by molar-refractivity contribution is 5.68. The van der Waals surface area contributed by atoms with Gasteiger partial charge in [-0.2, -0.15) is 0 Å². The van der Waals surface area contributed by atoms with Gasteiger partial charge in [0, 0.05) is 19.1 Å². The van der Waals surface area contributed by atoms with Gasteiger partial charge in [0.05, 0.1) is 7.11 Å². The summed E-state index contributed by atoms with van der Waals surface area (Å²) in [7, 11) is 1.44.